The first-order chi connectivity index (χ1) is 19.4. The molecule has 2 aliphatic heterocycles. The quantitative estimate of drug-likeness (QED) is 0.339. The van der Waals surface area contributed by atoms with Crippen molar-refractivity contribution in [3.8, 4) is 11.3 Å². The van der Waals surface area contributed by atoms with Crippen molar-refractivity contribution < 1.29 is 14.3 Å². The van der Waals surface area contributed by atoms with E-state index in [2.05, 4.69) is 39.5 Å². The van der Waals surface area contributed by atoms with Crippen LogP contribution in [0.15, 0.2) is 48.0 Å². The lowest BCUT2D eigenvalue weighted by Gasteiger charge is -2.40. The van der Waals surface area contributed by atoms with E-state index in [4.69, 9.17) is 9.97 Å². The SMILES string of the molecule is CCc1nc2ccc(C3CCN(CC(=O)N4CC(CO)C4)CC3)cn2c1N(C)c1nc(-c2ccc(F)cc2)cs1. The number of rotatable bonds is 8. The topological polar surface area (TPSA) is 77.2 Å². The number of aliphatic hydroxyl groups is 1. The van der Waals surface area contributed by atoms with Crippen LogP contribution in [0.5, 0.6) is 0 Å². The smallest absolute Gasteiger partial charge is 0.236 e. The zero-order valence-electron chi connectivity index (χ0n) is 23.0. The second-order valence-corrected chi connectivity index (χ2v) is 11.7. The van der Waals surface area contributed by atoms with Gasteiger partial charge in [-0.25, -0.2) is 14.4 Å². The van der Waals surface area contributed by atoms with Crippen LogP contribution < -0.4 is 4.90 Å². The van der Waals surface area contributed by atoms with Crippen LogP contribution in [0.4, 0.5) is 15.3 Å². The number of aryl methyl sites for hydroxylation is 1. The van der Waals surface area contributed by atoms with Crippen LogP contribution >= 0.6 is 11.3 Å². The number of pyridine rings is 1. The van der Waals surface area contributed by atoms with Crippen molar-refractivity contribution in [3.63, 3.8) is 0 Å². The molecule has 4 aromatic rings. The minimum Gasteiger partial charge on any atom is -0.396 e. The third kappa shape index (κ3) is 5.23. The van der Waals surface area contributed by atoms with Gasteiger partial charge in [0.25, 0.3) is 0 Å². The fraction of sp³-hybridized carbons (Fsp3) is 0.433. The highest BCUT2D eigenvalue weighted by atomic mass is 32.1. The normalized spacial score (nSPS) is 16.9. The van der Waals surface area contributed by atoms with E-state index in [9.17, 15) is 14.3 Å². The van der Waals surface area contributed by atoms with E-state index in [1.54, 1.807) is 23.5 Å². The second kappa shape index (κ2) is 11.3. The lowest BCUT2D eigenvalue weighted by atomic mass is 9.90. The molecule has 1 amide bonds. The molecule has 2 saturated heterocycles. The molecule has 1 aromatic carbocycles. The van der Waals surface area contributed by atoms with Crippen molar-refractivity contribution >= 4 is 33.8 Å². The Labute approximate surface area is 237 Å². The molecule has 0 atom stereocenters. The summed E-state index contributed by atoms with van der Waals surface area (Å²) in [4.78, 5) is 28.6. The van der Waals surface area contributed by atoms with Gasteiger partial charge in [-0.15, -0.1) is 11.3 Å². The van der Waals surface area contributed by atoms with E-state index in [-0.39, 0.29) is 24.2 Å². The van der Waals surface area contributed by atoms with Gasteiger partial charge in [-0.2, -0.15) is 0 Å². The van der Waals surface area contributed by atoms with Crippen molar-refractivity contribution in [1.29, 1.82) is 0 Å². The minimum atomic E-state index is -0.256. The molecule has 0 bridgehead atoms. The van der Waals surface area contributed by atoms with E-state index in [1.165, 1.54) is 17.7 Å². The van der Waals surface area contributed by atoms with Gasteiger partial charge < -0.3 is 14.9 Å². The Bertz CT molecular complexity index is 1490. The maximum absolute atomic E-state index is 13.4. The van der Waals surface area contributed by atoms with Crippen molar-refractivity contribution in [2.24, 2.45) is 5.92 Å². The van der Waals surface area contributed by atoms with Gasteiger partial charge in [0.15, 0.2) is 5.13 Å². The van der Waals surface area contributed by atoms with Crippen LogP contribution in [-0.4, -0.2) is 81.6 Å². The number of hydrogen-bond donors (Lipinski definition) is 1. The molecule has 10 heteroatoms. The molecule has 2 aliphatic rings. The number of carbonyl (C=O) groups excluding carboxylic acids is 1. The lowest BCUT2D eigenvalue weighted by Crippen LogP contribution is -2.54. The van der Waals surface area contributed by atoms with Gasteiger partial charge in [0.1, 0.15) is 17.3 Å². The van der Waals surface area contributed by atoms with Crippen molar-refractivity contribution in [2.75, 3.05) is 51.3 Å². The first-order valence-electron chi connectivity index (χ1n) is 14.0. The molecular weight excluding hydrogens is 527 g/mol. The highest BCUT2D eigenvalue weighted by Crippen LogP contribution is 2.35. The van der Waals surface area contributed by atoms with Crippen LogP contribution in [0.1, 0.15) is 36.9 Å². The van der Waals surface area contributed by atoms with Gasteiger partial charge in [0, 0.05) is 49.8 Å². The first kappa shape index (κ1) is 26.9. The zero-order valence-corrected chi connectivity index (χ0v) is 23.8. The monoisotopic (exact) mass is 562 g/mol. The number of hydrogen-bond acceptors (Lipinski definition) is 7. The number of aliphatic hydroxyl groups excluding tert-OH is 1. The number of anilines is 2. The molecule has 0 unspecified atom stereocenters. The molecule has 210 valence electrons. The fourth-order valence-electron chi connectivity index (χ4n) is 5.80. The summed E-state index contributed by atoms with van der Waals surface area (Å²) >= 11 is 1.56. The van der Waals surface area contributed by atoms with Crippen LogP contribution in [-0.2, 0) is 11.2 Å². The Kier molecular flexibility index (Phi) is 7.57. The van der Waals surface area contributed by atoms with E-state index in [1.807, 2.05) is 17.3 Å². The molecule has 0 radical (unpaired) electrons. The maximum atomic E-state index is 13.4. The average Bonchev–Trinajstić information content (AvgIpc) is 3.58. The lowest BCUT2D eigenvalue weighted by molar-refractivity contribution is -0.139. The molecule has 40 heavy (non-hydrogen) atoms. The number of halogens is 1. The number of fused-ring (bicyclic) bond motifs is 1. The Morgan fingerprint density at radius 3 is 2.58 bits per heavy atom. The van der Waals surface area contributed by atoms with Gasteiger partial charge in [-0.3, -0.25) is 14.1 Å². The largest absolute Gasteiger partial charge is 0.396 e. The second-order valence-electron chi connectivity index (χ2n) is 10.9. The summed E-state index contributed by atoms with van der Waals surface area (Å²) < 4.78 is 15.6. The van der Waals surface area contributed by atoms with Gasteiger partial charge >= 0.3 is 0 Å². The summed E-state index contributed by atoms with van der Waals surface area (Å²) in [5.74, 6) is 1.60. The Hall–Kier alpha value is -3.34. The molecular formula is C30H35FN6O2S. The third-order valence-corrected chi connectivity index (χ3v) is 9.16. The maximum Gasteiger partial charge on any atom is 0.236 e. The number of amides is 1. The van der Waals surface area contributed by atoms with Crippen molar-refractivity contribution in [2.45, 2.75) is 32.1 Å². The molecule has 5 heterocycles. The number of benzene rings is 1. The number of nitrogens with zero attached hydrogens (tertiary/aromatic N) is 6. The Balaban J connectivity index is 1.17. The molecule has 6 rings (SSSR count). The van der Waals surface area contributed by atoms with Gasteiger partial charge in [0.2, 0.25) is 5.91 Å². The number of likely N-dealkylation sites (tertiary alicyclic amines) is 2. The summed E-state index contributed by atoms with van der Waals surface area (Å²) in [5.41, 5.74) is 4.93. The van der Waals surface area contributed by atoms with Crippen LogP contribution in [0.25, 0.3) is 16.9 Å². The highest BCUT2D eigenvalue weighted by molar-refractivity contribution is 7.14. The first-order valence-corrected chi connectivity index (χ1v) is 14.9. The average molecular weight is 563 g/mol. The van der Waals surface area contributed by atoms with Crippen LogP contribution in [0.3, 0.4) is 0 Å². The predicted octanol–water partition coefficient (Wildman–Crippen LogP) is 4.56. The van der Waals surface area contributed by atoms with Gasteiger partial charge in [0.05, 0.1) is 17.9 Å². The molecule has 1 N–H and O–H groups in total. The van der Waals surface area contributed by atoms with E-state index in [0.29, 0.717) is 25.6 Å². The number of aromatic nitrogens is 3. The molecule has 0 aliphatic carbocycles. The number of thiazole rings is 1. The molecule has 8 nitrogen and oxygen atoms in total. The minimum absolute atomic E-state index is 0.161. The van der Waals surface area contributed by atoms with E-state index < -0.39 is 0 Å². The summed E-state index contributed by atoms with van der Waals surface area (Å²) in [6.07, 6.45) is 5.04. The number of carbonyl (C=O) groups is 1. The Morgan fingerprint density at radius 1 is 1.12 bits per heavy atom. The summed E-state index contributed by atoms with van der Waals surface area (Å²) in [6.45, 7) is 5.90. The zero-order chi connectivity index (χ0) is 27.8. The highest BCUT2D eigenvalue weighted by Gasteiger charge is 2.31. The van der Waals surface area contributed by atoms with Crippen LogP contribution in [0, 0.1) is 11.7 Å². The molecule has 3 aromatic heterocycles. The standard InChI is InChI=1S/C30H35FN6O2S/c1-3-25-29(34(2)30-33-26(19-40-30)22-4-7-24(31)8-5-22)37-16-23(6-9-27(37)32-25)21-10-12-35(13-11-21)17-28(39)36-14-20(15-36)18-38/h4-9,16,19-21,38H,3,10-15,17-18H2,1-2H3. The van der Waals surface area contributed by atoms with Crippen LogP contribution in [0.2, 0.25) is 0 Å². The third-order valence-electron chi connectivity index (χ3n) is 8.24. The number of piperidine rings is 1. The fourth-order valence-corrected chi connectivity index (χ4v) is 6.60. The van der Waals surface area contributed by atoms with Crippen molar-refractivity contribution in [3.05, 3.63) is 65.0 Å². The van der Waals surface area contributed by atoms with Gasteiger partial charge in [-0.1, -0.05) is 13.0 Å². The van der Waals surface area contributed by atoms with E-state index >= 15 is 0 Å². The molecule has 0 saturated carbocycles. The van der Waals surface area contributed by atoms with E-state index in [0.717, 1.165) is 65.9 Å². The molecule has 2 fully saturated rings. The number of imidazole rings is 1. The van der Waals surface area contributed by atoms with Crippen molar-refractivity contribution in [1.82, 2.24) is 24.2 Å². The summed E-state index contributed by atoms with van der Waals surface area (Å²) in [7, 11) is 2.03. The predicted molar refractivity (Wildman–Crippen MR) is 156 cm³/mol. The Morgan fingerprint density at radius 2 is 1.88 bits per heavy atom. The van der Waals surface area contributed by atoms with Gasteiger partial charge in [-0.05, 0) is 74.2 Å². The molecule has 0 spiro atoms. The summed E-state index contributed by atoms with van der Waals surface area (Å²) in [5, 5.41) is 12.1. The summed E-state index contributed by atoms with van der Waals surface area (Å²) in [6, 6.07) is 10.7.